The minimum absolute atomic E-state index is 0.0593. The molecule has 3 aromatic rings. The number of carboxylic acids is 1. The summed E-state index contributed by atoms with van der Waals surface area (Å²) >= 11 is 0. The van der Waals surface area contributed by atoms with Crippen molar-refractivity contribution >= 4 is 17.6 Å². The maximum atomic E-state index is 13.3. The molecule has 5 N–H and O–H groups in total. The van der Waals surface area contributed by atoms with E-state index in [1.54, 1.807) is 18.3 Å². The summed E-state index contributed by atoms with van der Waals surface area (Å²) in [6.45, 7) is 6.60. The second-order valence-electron chi connectivity index (χ2n) is 7.63. The minimum Gasteiger partial charge on any atom is -0.481 e. The number of aryl methyl sites for hydroxylation is 2. The number of nitrogens with zero attached hydrogens (tertiary/aromatic N) is 2. The molecule has 2 aromatic carbocycles. The van der Waals surface area contributed by atoms with Crippen molar-refractivity contribution in [1.82, 2.24) is 4.98 Å². The average molecular weight is 471 g/mol. The number of nitrogens with two attached hydrogens (primary N) is 1. The number of anilines is 1. The van der Waals surface area contributed by atoms with Crippen molar-refractivity contribution in [3.63, 3.8) is 0 Å². The van der Waals surface area contributed by atoms with Crippen LogP contribution in [0.1, 0.15) is 40.7 Å². The summed E-state index contributed by atoms with van der Waals surface area (Å²) in [4.78, 5) is 15.5. The van der Waals surface area contributed by atoms with Crippen molar-refractivity contribution in [2.24, 2.45) is 10.9 Å². The lowest BCUT2D eigenvalue weighted by Crippen LogP contribution is -2.16. The number of carboxylic acid groups (broad SMARTS) is 1. The Hall–Kier alpha value is -4.01. The Balaban J connectivity index is 0.000000270. The molecule has 0 bridgehead atoms. The van der Waals surface area contributed by atoms with E-state index in [-0.39, 0.29) is 17.8 Å². The number of pyridine rings is 1. The molecule has 1 heterocycles. The van der Waals surface area contributed by atoms with Gasteiger partial charge in [0.05, 0.1) is 11.5 Å². The minimum atomic E-state index is -1.10. The first-order valence-corrected chi connectivity index (χ1v) is 10.6. The summed E-state index contributed by atoms with van der Waals surface area (Å²) in [5.41, 5.74) is 9.19. The third kappa shape index (κ3) is 7.26. The highest BCUT2D eigenvalue weighted by Gasteiger charge is 2.22. The number of hydrogen-bond acceptors (Lipinski definition) is 5. The Morgan fingerprint density at radius 2 is 1.79 bits per heavy atom. The summed E-state index contributed by atoms with van der Waals surface area (Å²) < 4.78 is 26.5. The summed E-state index contributed by atoms with van der Waals surface area (Å²) in [5.74, 6) is -2.92. The highest BCUT2D eigenvalue weighted by Crippen LogP contribution is 2.24. The van der Waals surface area contributed by atoms with Crippen LogP contribution in [0, 0.1) is 25.5 Å². The van der Waals surface area contributed by atoms with Crippen molar-refractivity contribution in [3.05, 3.63) is 94.2 Å². The molecule has 0 aliphatic carbocycles. The lowest BCUT2D eigenvalue weighted by Gasteiger charge is -2.14. The smallest absolute Gasteiger partial charge is 0.311 e. The molecule has 3 rings (SSSR count). The molecule has 0 aliphatic rings. The van der Waals surface area contributed by atoms with Gasteiger partial charge >= 0.3 is 5.97 Å². The second-order valence-corrected chi connectivity index (χ2v) is 7.63. The summed E-state index contributed by atoms with van der Waals surface area (Å²) in [5, 5.41) is 23.8. The van der Waals surface area contributed by atoms with E-state index in [9.17, 15) is 18.7 Å². The first-order chi connectivity index (χ1) is 16.2. The quantitative estimate of drug-likeness (QED) is 0.173. The predicted molar refractivity (Wildman–Crippen MR) is 127 cm³/mol. The molecular weight excluding hydrogens is 442 g/mol. The zero-order chi connectivity index (χ0) is 25.3. The van der Waals surface area contributed by atoms with Crippen LogP contribution in [0.4, 0.5) is 14.6 Å². The SMILES string of the molecule is CCNc1ncccc1C(N)=NO.Cc1ccc(CC(C(=O)O)c2cc(F)cc(F)c2)cc1C. The molecule has 1 aromatic heterocycles. The topological polar surface area (TPSA) is 121 Å². The molecule has 7 nitrogen and oxygen atoms in total. The van der Waals surface area contributed by atoms with E-state index in [1.807, 2.05) is 39.0 Å². The van der Waals surface area contributed by atoms with E-state index in [2.05, 4.69) is 15.5 Å². The average Bonchev–Trinajstić information content (AvgIpc) is 2.79. The van der Waals surface area contributed by atoms with Crippen molar-refractivity contribution in [2.75, 3.05) is 11.9 Å². The normalized spacial score (nSPS) is 11.9. The molecule has 0 amide bonds. The van der Waals surface area contributed by atoms with E-state index in [4.69, 9.17) is 10.9 Å². The summed E-state index contributed by atoms with van der Waals surface area (Å²) in [6, 6.07) is 12.0. The fraction of sp³-hybridized carbons (Fsp3) is 0.240. The van der Waals surface area contributed by atoms with Gasteiger partial charge < -0.3 is 21.4 Å². The van der Waals surface area contributed by atoms with Crippen LogP contribution in [0.2, 0.25) is 0 Å². The van der Waals surface area contributed by atoms with Crippen LogP contribution in [-0.2, 0) is 11.2 Å². The number of carbonyl (C=O) groups is 1. The fourth-order valence-corrected chi connectivity index (χ4v) is 3.26. The van der Waals surface area contributed by atoms with Gasteiger partial charge in [-0.3, -0.25) is 4.79 Å². The highest BCUT2D eigenvalue weighted by molar-refractivity contribution is 6.01. The maximum absolute atomic E-state index is 13.3. The molecule has 0 saturated heterocycles. The lowest BCUT2D eigenvalue weighted by molar-refractivity contribution is -0.138. The third-order valence-corrected chi connectivity index (χ3v) is 5.13. The third-order valence-electron chi connectivity index (χ3n) is 5.13. The molecule has 0 radical (unpaired) electrons. The van der Waals surface area contributed by atoms with Gasteiger partial charge in [0.15, 0.2) is 5.84 Å². The van der Waals surface area contributed by atoms with Crippen LogP contribution in [0.25, 0.3) is 0 Å². The number of benzene rings is 2. The second kappa shape index (κ2) is 12.3. The molecule has 180 valence electrons. The summed E-state index contributed by atoms with van der Waals surface area (Å²) in [7, 11) is 0. The largest absolute Gasteiger partial charge is 0.481 e. The van der Waals surface area contributed by atoms with E-state index in [0.29, 0.717) is 11.4 Å². The van der Waals surface area contributed by atoms with Gasteiger partial charge in [0, 0.05) is 18.8 Å². The van der Waals surface area contributed by atoms with Gasteiger partial charge in [0.2, 0.25) is 0 Å². The molecule has 0 saturated carbocycles. The molecule has 9 heteroatoms. The summed E-state index contributed by atoms with van der Waals surface area (Å²) in [6.07, 6.45) is 1.84. The van der Waals surface area contributed by atoms with Gasteiger partial charge in [-0.15, -0.1) is 0 Å². The van der Waals surface area contributed by atoms with Gasteiger partial charge in [0.1, 0.15) is 17.5 Å². The zero-order valence-corrected chi connectivity index (χ0v) is 19.2. The van der Waals surface area contributed by atoms with Crippen LogP contribution in [-0.4, -0.2) is 33.6 Å². The number of hydrogen-bond donors (Lipinski definition) is 4. The van der Waals surface area contributed by atoms with Gasteiger partial charge in [-0.05, 0) is 73.7 Å². The fourth-order valence-electron chi connectivity index (χ4n) is 3.26. The first-order valence-electron chi connectivity index (χ1n) is 10.6. The van der Waals surface area contributed by atoms with E-state index < -0.39 is 23.5 Å². The molecular formula is C25H28F2N4O3. The van der Waals surface area contributed by atoms with E-state index in [1.165, 1.54) is 0 Å². The van der Waals surface area contributed by atoms with Crippen molar-refractivity contribution in [3.8, 4) is 0 Å². The monoisotopic (exact) mass is 470 g/mol. The Morgan fingerprint density at radius 3 is 2.35 bits per heavy atom. The molecule has 34 heavy (non-hydrogen) atoms. The number of nitrogens with one attached hydrogen (secondary N) is 1. The molecule has 0 aliphatic heterocycles. The highest BCUT2D eigenvalue weighted by atomic mass is 19.1. The maximum Gasteiger partial charge on any atom is 0.311 e. The van der Waals surface area contributed by atoms with Gasteiger partial charge in [-0.2, -0.15) is 0 Å². The lowest BCUT2D eigenvalue weighted by atomic mass is 9.91. The number of oxime groups is 1. The number of amidine groups is 1. The predicted octanol–water partition coefficient (Wildman–Crippen LogP) is 4.60. The van der Waals surface area contributed by atoms with E-state index in [0.717, 1.165) is 41.4 Å². The Kier molecular flexibility index (Phi) is 9.49. The van der Waals surface area contributed by atoms with Crippen LogP contribution >= 0.6 is 0 Å². The number of aliphatic carboxylic acids is 1. The molecule has 1 atom stereocenters. The van der Waals surface area contributed by atoms with Crippen molar-refractivity contribution in [2.45, 2.75) is 33.1 Å². The van der Waals surface area contributed by atoms with Crippen LogP contribution in [0.15, 0.2) is 59.9 Å². The number of halogens is 2. The first kappa shape index (κ1) is 26.2. The number of rotatable bonds is 7. The molecule has 0 spiro atoms. The Morgan fingerprint density at radius 1 is 1.12 bits per heavy atom. The standard InChI is InChI=1S/C17H16F2O2.C8H12N4O/c1-10-3-4-12(5-11(10)2)6-16(17(20)21)13-7-14(18)9-15(19)8-13;1-2-10-8-6(7(9)12-13)4-3-5-11-8/h3-5,7-9,16H,6H2,1-2H3,(H,20,21);3-5,13H,2H2,1H3,(H2,9,12)(H,10,11). The molecule has 1 unspecified atom stereocenters. The van der Waals surface area contributed by atoms with Gasteiger partial charge in [0.25, 0.3) is 0 Å². The van der Waals surface area contributed by atoms with Crippen LogP contribution < -0.4 is 11.1 Å². The van der Waals surface area contributed by atoms with Crippen molar-refractivity contribution in [1.29, 1.82) is 0 Å². The van der Waals surface area contributed by atoms with Crippen LogP contribution in [0.5, 0.6) is 0 Å². The van der Waals surface area contributed by atoms with Crippen molar-refractivity contribution < 1.29 is 23.9 Å². The van der Waals surface area contributed by atoms with Gasteiger partial charge in [-0.1, -0.05) is 23.4 Å². The van der Waals surface area contributed by atoms with Crippen LogP contribution in [0.3, 0.4) is 0 Å². The van der Waals surface area contributed by atoms with Gasteiger partial charge in [-0.25, -0.2) is 13.8 Å². The Bertz CT molecular complexity index is 1150. The Labute approximate surface area is 197 Å². The number of aromatic nitrogens is 1. The zero-order valence-electron chi connectivity index (χ0n) is 19.2. The van der Waals surface area contributed by atoms with E-state index >= 15 is 0 Å². The molecule has 0 fully saturated rings.